The van der Waals surface area contributed by atoms with Crippen molar-refractivity contribution in [3.63, 3.8) is 0 Å². The predicted octanol–water partition coefficient (Wildman–Crippen LogP) is -16.8. The van der Waals surface area contributed by atoms with Crippen molar-refractivity contribution >= 4 is 27.6 Å². The van der Waals surface area contributed by atoms with Gasteiger partial charge in [-0.3, -0.25) is 18.1 Å². The van der Waals surface area contributed by atoms with Gasteiger partial charge in [0.1, 0.15) is 165 Å². The van der Waals surface area contributed by atoms with Gasteiger partial charge in [-0.2, -0.15) is 0 Å². The quantitative estimate of drug-likeness (QED) is 0.0340. The SMILES string of the molecule is NC[C@@H](O)[C@H]1O[C@@](O)(C(=O)O)C[C@@H](OP(=O)(O)O[C@H]2O[C@H](C(=O)O)[C@H](O)[C@H](O)[C@H]2O)[C@H]1O[C@H]1O[C@H]([C@H](O)CO)[C@@H](O)[C@H](OP(=O)(O)O[C@H]2O[C@H](CO)[C@H](O)[C@H](O[C@H]3O[C@H](CO[C@H]4O[C@H](CO[C@]5(CO)O[C@H](CO)[C@@H](O)[C@@H]5O)[C@H](O)[C@H](O)[C@H]4O)[C@H](O)[C@H](O)[C@H]3O)[C@H]2O)[C@@H]1O. The second-order valence-corrected chi connectivity index (χ2v) is 25.0. The summed E-state index contributed by atoms with van der Waals surface area (Å²) >= 11 is 0. The zero-order valence-corrected chi connectivity index (χ0v) is 49.4. The first-order valence-corrected chi connectivity index (χ1v) is 30.8. The van der Waals surface area contributed by atoms with Gasteiger partial charge in [-0.1, -0.05) is 0 Å². The average molecular weight is 1410 g/mol. The Labute approximate surface area is 520 Å². The van der Waals surface area contributed by atoms with Crippen molar-refractivity contribution < 1.29 is 221 Å². The van der Waals surface area contributed by atoms with E-state index in [0.29, 0.717) is 0 Å². The normalized spacial score (nSPS) is 48.7. The van der Waals surface area contributed by atoms with Crippen LogP contribution in [0.15, 0.2) is 0 Å². The minimum absolute atomic E-state index is 0.848. The van der Waals surface area contributed by atoms with Gasteiger partial charge >= 0.3 is 27.6 Å². The van der Waals surface area contributed by atoms with Crippen molar-refractivity contribution in [2.24, 2.45) is 5.73 Å². The van der Waals surface area contributed by atoms with Crippen LogP contribution >= 0.6 is 15.6 Å². The third kappa shape index (κ3) is 16.8. The van der Waals surface area contributed by atoms with Gasteiger partial charge in [-0.15, -0.1) is 0 Å². The highest BCUT2D eigenvalue weighted by Crippen LogP contribution is 2.53. The van der Waals surface area contributed by atoms with Gasteiger partial charge < -0.3 is 190 Å². The summed E-state index contributed by atoms with van der Waals surface area (Å²) in [7, 11) is -12.3. The lowest BCUT2D eigenvalue weighted by Crippen LogP contribution is -2.67. The summed E-state index contributed by atoms with van der Waals surface area (Å²) in [5, 5.41) is 254. The smallest absolute Gasteiger partial charge is 0.475 e. The summed E-state index contributed by atoms with van der Waals surface area (Å²) in [4.78, 5) is 46.2. The first-order valence-electron chi connectivity index (χ1n) is 27.8. The van der Waals surface area contributed by atoms with Gasteiger partial charge in [0.05, 0.1) is 39.1 Å². The van der Waals surface area contributed by atoms with Crippen molar-refractivity contribution in [3.05, 3.63) is 0 Å². The number of phosphoric acid groups is 2. The minimum atomic E-state index is -6.21. The van der Waals surface area contributed by atoms with E-state index in [0.717, 1.165) is 0 Å². The fraction of sp³-hybridized carbons (Fsp3) is 0.956. The molecule has 48 heteroatoms. The molecule has 28 N–H and O–H groups in total. The van der Waals surface area contributed by atoms with Crippen LogP contribution < -0.4 is 5.73 Å². The maximum atomic E-state index is 14.0. The summed E-state index contributed by atoms with van der Waals surface area (Å²) in [5.41, 5.74) is 5.59. The van der Waals surface area contributed by atoms with Crippen LogP contribution in [0.25, 0.3) is 0 Å². The second-order valence-electron chi connectivity index (χ2n) is 22.3. The molecule has 0 bridgehead atoms. The second kappa shape index (κ2) is 31.6. The van der Waals surface area contributed by atoms with E-state index >= 15 is 0 Å². The molecule has 7 aliphatic heterocycles. The third-order valence-electron chi connectivity index (χ3n) is 16.0. The molecule has 7 rings (SSSR count). The molecule has 0 amide bonds. The summed E-state index contributed by atoms with van der Waals surface area (Å²) in [6.45, 7) is -7.56. The molecule has 7 saturated heterocycles. The van der Waals surface area contributed by atoms with Crippen molar-refractivity contribution in [1.29, 1.82) is 0 Å². The van der Waals surface area contributed by atoms with Crippen LogP contribution in [0.2, 0.25) is 0 Å². The zero-order chi connectivity index (χ0) is 69.5. The Kier molecular flexibility index (Phi) is 26.5. The molecule has 0 radical (unpaired) electrons. The van der Waals surface area contributed by atoms with Crippen LogP contribution in [-0.2, 0) is 88.9 Å². The van der Waals surface area contributed by atoms with Crippen LogP contribution in [0, 0.1) is 0 Å². The van der Waals surface area contributed by atoms with Crippen molar-refractivity contribution in [1.82, 2.24) is 0 Å². The van der Waals surface area contributed by atoms with Crippen molar-refractivity contribution in [3.8, 4) is 0 Å². The Morgan fingerprint density at radius 2 is 1.01 bits per heavy atom. The van der Waals surface area contributed by atoms with Crippen LogP contribution in [0.3, 0.4) is 0 Å². The molecular formula is C45H77NO45P2. The number of ether oxygens (including phenoxy) is 11. The van der Waals surface area contributed by atoms with E-state index in [2.05, 4.69) is 0 Å². The monoisotopic (exact) mass is 1410 g/mol. The molecule has 0 aromatic rings. The lowest BCUT2D eigenvalue weighted by Gasteiger charge is -2.49. The number of carboxylic acid groups (broad SMARTS) is 2. The number of aliphatic carboxylic acids is 2. The predicted molar refractivity (Wildman–Crippen MR) is 273 cm³/mol. The van der Waals surface area contributed by atoms with E-state index in [4.69, 9.17) is 75.9 Å². The molecule has 46 nitrogen and oxygen atoms in total. The molecule has 542 valence electrons. The molecule has 7 fully saturated rings. The number of nitrogens with two attached hydrogens (primary N) is 1. The Balaban J connectivity index is 1.07. The molecule has 93 heavy (non-hydrogen) atoms. The number of carboxylic acids is 2. The molecule has 2 unspecified atom stereocenters. The Morgan fingerprint density at radius 3 is 1.56 bits per heavy atom. The van der Waals surface area contributed by atoms with E-state index in [9.17, 15) is 151 Å². The first-order chi connectivity index (χ1) is 43.4. The molecular weight excluding hydrogens is 1340 g/mol. The number of hydrogen-bond acceptors (Lipinski definition) is 42. The molecule has 0 aromatic heterocycles. The maximum absolute atomic E-state index is 14.0. The molecule has 7 heterocycles. The first kappa shape index (κ1) is 78.1. The number of aliphatic hydroxyl groups excluding tert-OH is 21. The molecule has 37 atom stereocenters. The van der Waals surface area contributed by atoms with Crippen LogP contribution in [-0.4, -0.2) is 404 Å². The largest absolute Gasteiger partial charge is 0.479 e. The van der Waals surface area contributed by atoms with Gasteiger partial charge in [0.25, 0.3) is 5.79 Å². The summed E-state index contributed by atoms with van der Waals surface area (Å²) in [6, 6.07) is 0. The number of aliphatic hydroxyl groups is 22. The Morgan fingerprint density at radius 1 is 0.505 bits per heavy atom. The molecule has 0 spiro atoms. The van der Waals surface area contributed by atoms with Crippen LogP contribution in [0.5, 0.6) is 0 Å². The highest BCUT2D eigenvalue weighted by molar-refractivity contribution is 7.47. The number of phosphoric ester groups is 2. The summed E-state index contributed by atoms with van der Waals surface area (Å²) < 4.78 is 107. The topological polar surface area (TPSA) is 759 Å². The minimum Gasteiger partial charge on any atom is -0.479 e. The van der Waals surface area contributed by atoms with Gasteiger partial charge in [-0.25, -0.2) is 18.7 Å². The Bertz CT molecular complexity index is 2540. The van der Waals surface area contributed by atoms with E-state index < -0.39 is 294 Å². The Hall–Kier alpha value is -2.20. The van der Waals surface area contributed by atoms with E-state index in [1.807, 2.05) is 0 Å². The molecule has 0 aromatic carbocycles. The van der Waals surface area contributed by atoms with Gasteiger partial charge in [-0.05, 0) is 0 Å². The van der Waals surface area contributed by atoms with Gasteiger partial charge in [0, 0.05) is 13.0 Å². The number of carbonyl (C=O) groups is 2. The van der Waals surface area contributed by atoms with Crippen molar-refractivity contribution in [2.45, 2.75) is 220 Å². The highest BCUT2D eigenvalue weighted by Gasteiger charge is 2.62. The average Bonchev–Trinajstić information content (AvgIpc) is 1.15. The van der Waals surface area contributed by atoms with E-state index in [1.54, 1.807) is 0 Å². The number of hydrogen-bond donors (Lipinski definition) is 27. The maximum Gasteiger partial charge on any atom is 0.475 e. The van der Waals surface area contributed by atoms with E-state index in [-0.39, 0.29) is 0 Å². The lowest BCUT2D eigenvalue weighted by atomic mass is 9.91. The number of rotatable bonds is 27. The molecule has 0 aliphatic carbocycles. The highest BCUT2D eigenvalue weighted by atomic mass is 31.2. The summed E-state index contributed by atoms with van der Waals surface area (Å²) in [6.07, 6.45) is -78.1. The zero-order valence-electron chi connectivity index (χ0n) is 47.6. The summed E-state index contributed by atoms with van der Waals surface area (Å²) in [5.74, 6) is -10.3. The van der Waals surface area contributed by atoms with Crippen LogP contribution in [0.1, 0.15) is 6.42 Å². The fourth-order valence-electron chi connectivity index (χ4n) is 10.8. The molecule has 7 aliphatic rings. The van der Waals surface area contributed by atoms with Crippen LogP contribution in [0.4, 0.5) is 0 Å². The fourth-order valence-corrected chi connectivity index (χ4v) is 12.8. The molecule has 0 saturated carbocycles. The van der Waals surface area contributed by atoms with Gasteiger partial charge in [0.15, 0.2) is 37.6 Å². The van der Waals surface area contributed by atoms with Gasteiger partial charge in [0.2, 0.25) is 5.79 Å². The van der Waals surface area contributed by atoms with E-state index in [1.165, 1.54) is 0 Å². The third-order valence-corrected chi connectivity index (χ3v) is 18.0. The lowest BCUT2D eigenvalue weighted by molar-refractivity contribution is -0.365. The standard InChI is InChI=1S/C45H77NO45P2/c46-2-9(51)31-32(11(1-44(72,87-31)43(70)71)88-92(73,74)90-41-26(63)22(59)23(60)35(85-41)37(68)69)83-40-29(66)34(27(64)30(82-40)10(52)3-47)89-93(75,76)91-42-28(65)33(18(55)12(4-48)79-42)84-39-25(62)21(58)16(53)14(81-39)6-77-38-24(61)20(57)17(54)15(80-38)7-78-45(8-50)36(67)19(56)13(5-49)86-45/h9-36,38-42,47-67,72H,1-8,46H2,(H,68,69)(H,70,71)(H,73,74)(H,75,76)/t9-,10-,11-,12-,13-,14-,15-,16+,17+,18+,19-,20+,21+,22+,23-,24-,25-,26-,27-,28-,29+,30-,31-,32-,33+,34+,35+,36+,38+,39-,40-,41-,42-,44-,45-/m1/s1. The van der Waals surface area contributed by atoms with Crippen molar-refractivity contribution in [2.75, 3.05) is 46.2 Å².